The van der Waals surface area contributed by atoms with Crippen LogP contribution in [-0.4, -0.2) is 39.0 Å². The molecule has 0 heterocycles. The molecule has 0 saturated heterocycles. The van der Waals surface area contributed by atoms with Crippen LogP contribution in [0.5, 0.6) is 5.75 Å². The highest BCUT2D eigenvalue weighted by Gasteiger charge is 2.16. The number of rotatable bonds is 10. The van der Waals surface area contributed by atoms with Gasteiger partial charge in [-0.2, -0.15) is 0 Å². The van der Waals surface area contributed by atoms with Crippen LogP contribution in [0, 0.1) is 0 Å². The van der Waals surface area contributed by atoms with Crippen LogP contribution in [-0.2, 0) is 16.3 Å². The second kappa shape index (κ2) is 10.4. The van der Waals surface area contributed by atoms with E-state index in [-0.39, 0.29) is 12.6 Å². The summed E-state index contributed by atoms with van der Waals surface area (Å²) in [5.74, 6) is 0.716. The molecule has 0 aliphatic rings. The van der Waals surface area contributed by atoms with Gasteiger partial charge in [0.1, 0.15) is 18.5 Å². The first-order valence-corrected chi connectivity index (χ1v) is 11.7. The summed E-state index contributed by atoms with van der Waals surface area (Å²) in [6.45, 7) is 0.528. The van der Waals surface area contributed by atoms with Crippen molar-refractivity contribution in [3.8, 4) is 5.75 Å². The molecule has 0 radical (unpaired) electrons. The smallest absolute Gasteiger partial charge is 0.175 e. The van der Waals surface area contributed by atoms with Crippen molar-refractivity contribution in [3.05, 3.63) is 96.1 Å². The molecule has 3 aromatic carbocycles. The van der Waals surface area contributed by atoms with Gasteiger partial charge in [-0.3, -0.25) is 0 Å². The summed E-state index contributed by atoms with van der Waals surface area (Å²) in [5, 5.41) is 13.8. The second-order valence-electron chi connectivity index (χ2n) is 7.27. The molecule has 2 atom stereocenters. The van der Waals surface area contributed by atoms with Gasteiger partial charge in [-0.05, 0) is 41.8 Å². The van der Waals surface area contributed by atoms with Gasteiger partial charge in [0.2, 0.25) is 0 Å². The first-order valence-electron chi connectivity index (χ1n) is 9.85. The number of para-hydroxylation sites is 1. The van der Waals surface area contributed by atoms with Gasteiger partial charge in [0.15, 0.2) is 9.84 Å². The van der Waals surface area contributed by atoms with Crippen LogP contribution >= 0.6 is 0 Å². The molecule has 158 valence electrons. The van der Waals surface area contributed by atoms with Gasteiger partial charge in [-0.15, -0.1) is 0 Å². The SMILES string of the molecule is CS(=O)(=O)c1ccc(C(Cc2ccccc2)NC[C@H](O)COc2ccccc2)cc1. The largest absolute Gasteiger partial charge is 0.491 e. The summed E-state index contributed by atoms with van der Waals surface area (Å²) in [7, 11) is -3.24. The number of benzene rings is 3. The lowest BCUT2D eigenvalue weighted by Crippen LogP contribution is -2.34. The van der Waals surface area contributed by atoms with Gasteiger partial charge in [0.25, 0.3) is 0 Å². The van der Waals surface area contributed by atoms with Crippen LogP contribution in [0.4, 0.5) is 0 Å². The first kappa shape index (κ1) is 22.0. The normalized spacial score (nSPS) is 13.5. The molecule has 0 aromatic heterocycles. The Morgan fingerprint density at radius 1 is 0.900 bits per heavy atom. The Morgan fingerprint density at radius 3 is 2.10 bits per heavy atom. The summed E-state index contributed by atoms with van der Waals surface area (Å²) in [4.78, 5) is 0.293. The average molecular weight is 426 g/mol. The molecule has 0 spiro atoms. The van der Waals surface area contributed by atoms with Gasteiger partial charge in [-0.1, -0.05) is 60.7 Å². The molecule has 30 heavy (non-hydrogen) atoms. The molecule has 0 bridgehead atoms. The van der Waals surface area contributed by atoms with Crippen LogP contribution in [0.1, 0.15) is 17.2 Å². The van der Waals surface area contributed by atoms with Gasteiger partial charge in [-0.25, -0.2) is 8.42 Å². The minimum atomic E-state index is -3.24. The van der Waals surface area contributed by atoms with Crippen molar-refractivity contribution in [3.63, 3.8) is 0 Å². The zero-order valence-electron chi connectivity index (χ0n) is 16.9. The molecule has 0 saturated carbocycles. The third-order valence-corrected chi connectivity index (χ3v) is 5.91. The van der Waals surface area contributed by atoms with E-state index >= 15 is 0 Å². The van der Waals surface area contributed by atoms with Crippen molar-refractivity contribution >= 4 is 9.84 Å². The quantitative estimate of drug-likeness (QED) is 0.521. The first-order chi connectivity index (χ1) is 14.4. The number of aliphatic hydroxyl groups is 1. The molecule has 2 N–H and O–H groups in total. The van der Waals surface area contributed by atoms with Crippen molar-refractivity contribution in [2.45, 2.75) is 23.5 Å². The van der Waals surface area contributed by atoms with Crippen molar-refractivity contribution in [1.29, 1.82) is 0 Å². The van der Waals surface area contributed by atoms with E-state index in [1.54, 1.807) is 12.1 Å². The lowest BCUT2D eigenvalue weighted by Gasteiger charge is -2.22. The molecule has 0 fully saturated rings. The maximum atomic E-state index is 11.7. The highest BCUT2D eigenvalue weighted by molar-refractivity contribution is 7.90. The maximum absolute atomic E-state index is 11.7. The Labute approximate surface area is 178 Å². The van der Waals surface area contributed by atoms with Gasteiger partial charge >= 0.3 is 0 Å². The molecule has 3 aromatic rings. The van der Waals surface area contributed by atoms with E-state index in [1.807, 2.05) is 60.7 Å². The molecule has 3 rings (SSSR count). The molecular formula is C24H27NO4S. The van der Waals surface area contributed by atoms with Gasteiger partial charge in [0, 0.05) is 18.8 Å². The van der Waals surface area contributed by atoms with Crippen LogP contribution in [0.2, 0.25) is 0 Å². The highest BCUT2D eigenvalue weighted by atomic mass is 32.2. The van der Waals surface area contributed by atoms with Crippen molar-refractivity contribution in [1.82, 2.24) is 5.32 Å². The maximum Gasteiger partial charge on any atom is 0.175 e. The topological polar surface area (TPSA) is 75.6 Å². The zero-order valence-corrected chi connectivity index (χ0v) is 17.8. The molecule has 0 aliphatic heterocycles. The number of nitrogens with one attached hydrogen (secondary N) is 1. The van der Waals surface area contributed by atoms with E-state index in [4.69, 9.17) is 4.74 Å². The number of ether oxygens (including phenoxy) is 1. The number of hydrogen-bond donors (Lipinski definition) is 2. The van der Waals surface area contributed by atoms with Crippen LogP contribution < -0.4 is 10.1 Å². The van der Waals surface area contributed by atoms with E-state index in [1.165, 1.54) is 6.26 Å². The summed E-state index contributed by atoms with van der Waals surface area (Å²) >= 11 is 0. The van der Waals surface area contributed by atoms with Crippen LogP contribution in [0.3, 0.4) is 0 Å². The van der Waals surface area contributed by atoms with E-state index < -0.39 is 15.9 Å². The molecular weight excluding hydrogens is 398 g/mol. The molecule has 5 nitrogen and oxygen atoms in total. The van der Waals surface area contributed by atoms with Crippen molar-refractivity contribution in [2.24, 2.45) is 0 Å². The summed E-state index contributed by atoms with van der Waals surface area (Å²) in [5.41, 5.74) is 2.11. The predicted molar refractivity (Wildman–Crippen MR) is 118 cm³/mol. The van der Waals surface area contributed by atoms with E-state index in [2.05, 4.69) is 17.4 Å². The average Bonchev–Trinajstić information content (AvgIpc) is 2.76. The fourth-order valence-electron chi connectivity index (χ4n) is 3.15. The minimum absolute atomic E-state index is 0.0765. The fraction of sp³-hybridized carbons (Fsp3) is 0.250. The van der Waals surface area contributed by atoms with Crippen LogP contribution in [0.15, 0.2) is 89.8 Å². The third kappa shape index (κ3) is 6.69. The third-order valence-electron chi connectivity index (χ3n) is 4.78. The highest BCUT2D eigenvalue weighted by Crippen LogP contribution is 2.21. The second-order valence-corrected chi connectivity index (χ2v) is 9.29. The zero-order chi connectivity index (χ0) is 21.4. The Kier molecular flexibility index (Phi) is 7.63. The Bertz CT molecular complexity index is 1010. The minimum Gasteiger partial charge on any atom is -0.491 e. The number of aliphatic hydroxyl groups excluding tert-OH is 1. The molecule has 6 heteroatoms. The van der Waals surface area contributed by atoms with Crippen molar-refractivity contribution in [2.75, 3.05) is 19.4 Å². The van der Waals surface area contributed by atoms with Crippen LogP contribution in [0.25, 0.3) is 0 Å². The number of hydrogen-bond acceptors (Lipinski definition) is 5. The standard InChI is InChI=1S/C24H27NO4S/c1-30(27,28)23-14-12-20(13-15-23)24(16-19-8-4-2-5-9-19)25-17-21(26)18-29-22-10-6-3-7-11-22/h2-15,21,24-26H,16-18H2,1H3/t21-,24?/m0/s1. The van der Waals surface area contributed by atoms with E-state index in [0.29, 0.717) is 23.6 Å². The summed E-state index contributed by atoms with van der Waals surface area (Å²) < 4.78 is 29.1. The van der Waals surface area contributed by atoms with E-state index in [9.17, 15) is 13.5 Å². The molecule has 1 unspecified atom stereocenters. The molecule has 0 aliphatic carbocycles. The fourth-order valence-corrected chi connectivity index (χ4v) is 3.78. The Hall–Kier alpha value is -2.67. The van der Waals surface area contributed by atoms with E-state index in [0.717, 1.165) is 11.1 Å². The van der Waals surface area contributed by atoms with Gasteiger partial charge in [0.05, 0.1) is 4.90 Å². The lowest BCUT2D eigenvalue weighted by atomic mass is 9.98. The molecule has 0 amide bonds. The van der Waals surface area contributed by atoms with Gasteiger partial charge < -0.3 is 15.2 Å². The van der Waals surface area contributed by atoms with Crippen molar-refractivity contribution < 1.29 is 18.3 Å². The Balaban J connectivity index is 1.66. The predicted octanol–water partition coefficient (Wildman–Crippen LogP) is 3.40. The monoisotopic (exact) mass is 425 g/mol. The summed E-state index contributed by atoms with van der Waals surface area (Å²) in [6, 6.07) is 26.2. The summed E-state index contributed by atoms with van der Waals surface area (Å²) in [6.07, 6.45) is 1.23. The lowest BCUT2D eigenvalue weighted by molar-refractivity contribution is 0.103. The Morgan fingerprint density at radius 2 is 1.50 bits per heavy atom. The number of sulfone groups is 1.